The van der Waals surface area contributed by atoms with Gasteiger partial charge in [0.15, 0.2) is 5.16 Å². The fourth-order valence-corrected chi connectivity index (χ4v) is 5.86. The Balaban J connectivity index is 1.74. The van der Waals surface area contributed by atoms with Gasteiger partial charge in [0, 0.05) is 24.3 Å². The van der Waals surface area contributed by atoms with Gasteiger partial charge in [-0.1, -0.05) is 42.1 Å². The molecule has 142 valence electrons. The number of methoxy groups -OCH3 is 1. The van der Waals surface area contributed by atoms with E-state index in [-0.39, 0.29) is 5.56 Å². The summed E-state index contributed by atoms with van der Waals surface area (Å²) in [4.78, 5) is 20.6. The zero-order valence-corrected chi connectivity index (χ0v) is 17.2. The second-order valence-corrected chi connectivity index (χ2v) is 8.96. The minimum absolute atomic E-state index is 0.134. The van der Waals surface area contributed by atoms with E-state index in [1.54, 1.807) is 30.2 Å². The molecular weight excluding hydrogens is 376 g/mol. The molecule has 0 atom stereocenters. The fraction of sp³-hybridized carbons (Fsp3) is 0.429. The smallest absolute Gasteiger partial charge is 0.263 e. The van der Waals surface area contributed by atoms with Crippen LogP contribution < -0.4 is 5.56 Å². The highest BCUT2D eigenvalue weighted by atomic mass is 32.2. The molecule has 2 heterocycles. The molecule has 0 aliphatic heterocycles. The van der Waals surface area contributed by atoms with E-state index in [0.29, 0.717) is 13.2 Å². The van der Waals surface area contributed by atoms with Crippen LogP contribution >= 0.6 is 23.1 Å². The summed E-state index contributed by atoms with van der Waals surface area (Å²) in [6.45, 7) is 1.31. The topological polar surface area (TPSA) is 44.1 Å². The normalized spacial score (nSPS) is 13.8. The maximum Gasteiger partial charge on any atom is 0.263 e. The van der Waals surface area contributed by atoms with E-state index in [1.165, 1.54) is 28.8 Å². The van der Waals surface area contributed by atoms with Crippen molar-refractivity contribution >= 4 is 33.3 Å². The number of fused-ring (bicyclic) bond motifs is 3. The predicted molar refractivity (Wildman–Crippen MR) is 113 cm³/mol. The van der Waals surface area contributed by atoms with Crippen molar-refractivity contribution in [1.82, 2.24) is 9.55 Å². The second kappa shape index (κ2) is 8.59. The first kappa shape index (κ1) is 18.7. The van der Waals surface area contributed by atoms with Gasteiger partial charge in [-0.05, 0) is 43.2 Å². The van der Waals surface area contributed by atoms with Gasteiger partial charge < -0.3 is 4.74 Å². The molecule has 0 saturated heterocycles. The molecule has 0 fully saturated rings. The Hall–Kier alpha value is -1.63. The number of ether oxygens (including phenoxy) is 1. The molecular formula is C21H24N2O2S2. The van der Waals surface area contributed by atoms with E-state index in [9.17, 15) is 4.79 Å². The summed E-state index contributed by atoms with van der Waals surface area (Å²) < 4.78 is 7.07. The molecule has 1 aliphatic carbocycles. The molecule has 2 aromatic heterocycles. The lowest BCUT2D eigenvalue weighted by atomic mass is 9.97. The van der Waals surface area contributed by atoms with Gasteiger partial charge in [-0.2, -0.15) is 0 Å². The Kier molecular flexibility index (Phi) is 5.95. The summed E-state index contributed by atoms with van der Waals surface area (Å²) in [6, 6.07) is 10.3. The first-order chi connectivity index (χ1) is 13.3. The first-order valence-corrected chi connectivity index (χ1v) is 11.3. The number of benzene rings is 1. The number of nitrogens with zero attached hydrogens (tertiary/aromatic N) is 2. The lowest BCUT2D eigenvalue weighted by Crippen LogP contribution is -2.25. The lowest BCUT2D eigenvalue weighted by Gasteiger charge is -2.13. The molecule has 27 heavy (non-hydrogen) atoms. The van der Waals surface area contributed by atoms with E-state index >= 15 is 0 Å². The van der Waals surface area contributed by atoms with Crippen molar-refractivity contribution in [2.75, 3.05) is 19.5 Å². The molecule has 3 aromatic rings. The highest BCUT2D eigenvalue weighted by Crippen LogP contribution is 2.34. The lowest BCUT2D eigenvalue weighted by molar-refractivity contribution is 0.218. The number of rotatable bonds is 7. The van der Waals surface area contributed by atoms with Crippen LogP contribution in [0.5, 0.6) is 0 Å². The molecule has 0 radical (unpaired) electrons. The minimum Gasteiger partial charge on any atom is -0.384 e. The third kappa shape index (κ3) is 3.98. The van der Waals surface area contributed by atoms with Crippen molar-refractivity contribution in [3.05, 3.63) is 56.7 Å². The van der Waals surface area contributed by atoms with Crippen LogP contribution in [0.1, 0.15) is 28.8 Å². The van der Waals surface area contributed by atoms with Crippen LogP contribution in [-0.2, 0) is 30.5 Å². The summed E-state index contributed by atoms with van der Waals surface area (Å²) in [7, 11) is 1.70. The number of aromatic nitrogens is 2. The standard InChI is InChI=1S/C21H24N2O2S2/c1-25-13-14-26-21-22-19-18(16-9-5-6-10-17(16)27-19)20(24)23(21)12-11-15-7-3-2-4-8-15/h2-4,7-8H,5-6,9-14H2,1H3. The quantitative estimate of drug-likeness (QED) is 0.337. The Morgan fingerprint density at radius 1 is 1.22 bits per heavy atom. The molecule has 6 heteroatoms. The monoisotopic (exact) mass is 400 g/mol. The fourth-order valence-electron chi connectivity index (χ4n) is 3.63. The van der Waals surface area contributed by atoms with Crippen LogP contribution in [0.25, 0.3) is 10.2 Å². The SMILES string of the molecule is COCCSc1nc2sc3c(c2c(=O)n1CCc1ccccc1)CCCC3. The second-order valence-electron chi connectivity index (χ2n) is 6.82. The number of thiophene rings is 1. The van der Waals surface area contributed by atoms with E-state index < -0.39 is 0 Å². The first-order valence-electron chi connectivity index (χ1n) is 9.48. The average Bonchev–Trinajstić information content (AvgIpc) is 3.07. The largest absolute Gasteiger partial charge is 0.384 e. The van der Waals surface area contributed by atoms with Crippen LogP contribution in [0, 0.1) is 0 Å². The minimum atomic E-state index is 0.134. The molecule has 0 saturated carbocycles. The van der Waals surface area contributed by atoms with E-state index in [1.807, 2.05) is 22.8 Å². The van der Waals surface area contributed by atoms with Gasteiger partial charge >= 0.3 is 0 Å². The van der Waals surface area contributed by atoms with Gasteiger partial charge in [0.1, 0.15) is 4.83 Å². The Bertz CT molecular complexity index is 979. The van der Waals surface area contributed by atoms with Gasteiger partial charge in [0.2, 0.25) is 0 Å². The third-order valence-corrected chi connectivity index (χ3v) is 7.15. The summed E-state index contributed by atoms with van der Waals surface area (Å²) in [6.07, 6.45) is 5.33. The molecule has 0 amide bonds. The van der Waals surface area contributed by atoms with Crippen molar-refractivity contribution in [2.45, 2.75) is 43.8 Å². The third-order valence-electron chi connectivity index (χ3n) is 5.03. The summed E-state index contributed by atoms with van der Waals surface area (Å²) >= 11 is 3.34. The van der Waals surface area contributed by atoms with Gasteiger partial charge in [-0.15, -0.1) is 11.3 Å². The van der Waals surface area contributed by atoms with Gasteiger partial charge in [-0.3, -0.25) is 9.36 Å². The maximum absolute atomic E-state index is 13.4. The number of thioether (sulfide) groups is 1. The highest BCUT2D eigenvalue weighted by molar-refractivity contribution is 7.99. The van der Waals surface area contributed by atoms with Crippen molar-refractivity contribution in [2.24, 2.45) is 0 Å². The molecule has 4 nitrogen and oxygen atoms in total. The highest BCUT2D eigenvalue weighted by Gasteiger charge is 2.22. The molecule has 1 aliphatic rings. The van der Waals surface area contributed by atoms with Crippen LogP contribution in [0.4, 0.5) is 0 Å². The number of aryl methyl sites for hydroxylation is 3. The average molecular weight is 401 g/mol. The summed E-state index contributed by atoms with van der Waals surface area (Å²) in [5, 5.41) is 1.69. The molecule has 0 spiro atoms. The Morgan fingerprint density at radius 2 is 2.04 bits per heavy atom. The zero-order valence-electron chi connectivity index (χ0n) is 15.6. The molecule has 4 rings (SSSR count). The van der Waals surface area contributed by atoms with Crippen molar-refractivity contribution in [3.8, 4) is 0 Å². The maximum atomic E-state index is 13.4. The molecule has 0 N–H and O–H groups in total. The van der Waals surface area contributed by atoms with Crippen LogP contribution in [-0.4, -0.2) is 29.0 Å². The number of hydrogen-bond acceptors (Lipinski definition) is 5. The van der Waals surface area contributed by atoms with E-state index in [0.717, 1.165) is 40.4 Å². The van der Waals surface area contributed by atoms with Gasteiger partial charge in [0.05, 0.1) is 12.0 Å². The van der Waals surface area contributed by atoms with Gasteiger partial charge in [-0.25, -0.2) is 4.98 Å². The Morgan fingerprint density at radius 3 is 2.85 bits per heavy atom. The van der Waals surface area contributed by atoms with Gasteiger partial charge in [0.25, 0.3) is 5.56 Å². The number of hydrogen-bond donors (Lipinski definition) is 0. The van der Waals surface area contributed by atoms with Crippen molar-refractivity contribution in [3.63, 3.8) is 0 Å². The molecule has 0 bridgehead atoms. The Labute approximate surface area is 167 Å². The zero-order chi connectivity index (χ0) is 18.6. The summed E-state index contributed by atoms with van der Waals surface area (Å²) in [5.74, 6) is 0.797. The summed E-state index contributed by atoms with van der Waals surface area (Å²) in [5.41, 5.74) is 2.64. The van der Waals surface area contributed by atoms with Crippen molar-refractivity contribution < 1.29 is 4.74 Å². The van der Waals surface area contributed by atoms with Crippen LogP contribution in [0.3, 0.4) is 0 Å². The van der Waals surface area contributed by atoms with Crippen molar-refractivity contribution in [1.29, 1.82) is 0 Å². The predicted octanol–water partition coefficient (Wildman–Crippen LogP) is 4.32. The molecule has 1 aromatic carbocycles. The molecule has 0 unspecified atom stereocenters. The van der Waals surface area contributed by atoms with Crippen LogP contribution in [0.2, 0.25) is 0 Å². The van der Waals surface area contributed by atoms with E-state index in [2.05, 4.69) is 12.1 Å². The van der Waals surface area contributed by atoms with Crippen LogP contribution in [0.15, 0.2) is 40.3 Å². The van der Waals surface area contributed by atoms with E-state index in [4.69, 9.17) is 9.72 Å².